The van der Waals surface area contributed by atoms with E-state index >= 15 is 0 Å². The molecule has 1 saturated heterocycles. The standard InChI is InChI=1S/C16H22BrN5/c1-21-7-9-22(10-8-21)13(11-18)14-15(17)20-16(19-14)12-5-3-2-4-6-12/h2-6,13H,7-11,18H2,1H3,(H,19,20). The van der Waals surface area contributed by atoms with Gasteiger partial charge < -0.3 is 15.6 Å². The Bertz CT molecular complexity index is 604. The molecule has 1 unspecified atom stereocenters. The predicted octanol–water partition coefficient (Wildman–Crippen LogP) is 2.09. The average Bonchev–Trinajstić information content (AvgIpc) is 2.93. The Balaban J connectivity index is 1.85. The lowest BCUT2D eigenvalue weighted by molar-refractivity contribution is 0.112. The third-order valence-corrected chi connectivity index (χ3v) is 4.87. The van der Waals surface area contributed by atoms with E-state index in [2.05, 4.69) is 54.9 Å². The van der Waals surface area contributed by atoms with Gasteiger partial charge in [0.05, 0.1) is 11.7 Å². The van der Waals surface area contributed by atoms with Crippen molar-refractivity contribution in [2.45, 2.75) is 6.04 Å². The number of imidazole rings is 1. The van der Waals surface area contributed by atoms with Gasteiger partial charge in [0.1, 0.15) is 10.4 Å². The number of hydrogen-bond donors (Lipinski definition) is 2. The number of H-pyrrole nitrogens is 1. The highest BCUT2D eigenvalue weighted by Gasteiger charge is 2.26. The van der Waals surface area contributed by atoms with Crippen molar-refractivity contribution in [3.05, 3.63) is 40.6 Å². The number of likely N-dealkylation sites (N-methyl/N-ethyl adjacent to an activating group) is 1. The second kappa shape index (κ2) is 6.91. The number of rotatable bonds is 4. The molecule has 1 aliphatic heterocycles. The highest BCUT2D eigenvalue weighted by Crippen LogP contribution is 2.29. The monoisotopic (exact) mass is 363 g/mol. The second-order valence-corrected chi connectivity index (χ2v) is 6.50. The largest absolute Gasteiger partial charge is 0.340 e. The van der Waals surface area contributed by atoms with Crippen molar-refractivity contribution in [3.63, 3.8) is 0 Å². The zero-order valence-corrected chi connectivity index (χ0v) is 14.4. The van der Waals surface area contributed by atoms with E-state index in [4.69, 9.17) is 5.73 Å². The minimum absolute atomic E-state index is 0.174. The van der Waals surface area contributed by atoms with Crippen molar-refractivity contribution in [3.8, 4) is 11.4 Å². The van der Waals surface area contributed by atoms with Crippen LogP contribution in [0.3, 0.4) is 0 Å². The summed E-state index contributed by atoms with van der Waals surface area (Å²) in [6.07, 6.45) is 0. The lowest BCUT2D eigenvalue weighted by Gasteiger charge is -2.37. The van der Waals surface area contributed by atoms with Crippen LogP contribution < -0.4 is 5.73 Å². The predicted molar refractivity (Wildman–Crippen MR) is 92.6 cm³/mol. The van der Waals surface area contributed by atoms with Crippen molar-refractivity contribution in [2.75, 3.05) is 39.8 Å². The zero-order chi connectivity index (χ0) is 15.5. The first kappa shape index (κ1) is 15.7. The molecule has 1 fully saturated rings. The molecule has 0 spiro atoms. The van der Waals surface area contributed by atoms with Crippen LogP contribution in [-0.2, 0) is 0 Å². The van der Waals surface area contributed by atoms with Gasteiger partial charge in [0.15, 0.2) is 0 Å². The fourth-order valence-corrected chi connectivity index (χ4v) is 3.44. The molecule has 0 aliphatic carbocycles. The van der Waals surface area contributed by atoms with Crippen molar-refractivity contribution in [1.29, 1.82) is 0 Å². The van der Waals surface area contributed by atoms with E-state index in [0.29, 0.717) is 6.54 Å². The first-order valence-electron chi connectivity index (χ1n) is 7.62. The molecule has 1 aliphatic rings. The summed E-state index contributed by atoms with van der Waals surface area (Å²) in [6.45, 7) is 4.80. The normalized spacial score (nSPS) is 18.5. The molecule has 3 rings (SSSR count). The number of aromatic nitrogens is 2. The number of halogens is 1. The van der Waals surface area contributed by atoms with Crippen molar-refractivity contribution >= 4 is 15.9 Å². The van der Waals surface area contributed by atoms with E-state index in [0.717, 1.165) is 47.9 Å². The molecule has 22 heavy (non-hydrogen) atoms. The van der Waals surface area contributed by atoms with E-state index in [1.165, 1.54) is 0 Å². The topological polar surface area (TPSA) is 61.2 Å². The second-order valence-electron chi connectivity index (χ2n) is 5.75. The van der Waals surface area contributed by atoms with Gasteiger partial charge in [0, 0.05) is 38.3 Å². The molecule has 3 N–H and O–H groups in total. The molecular weight excluding hydrogens is 342 g/mol. The summed E-state index contributed by atoms with van der Waals surface area (Å²) in [6, 6.07) is 10.3. The minimum atomic E-state index is 0.174. The molecule has 1 aromatic heterocycles. The number of hydrogen-bond acceptors (Lipinski definition) is 4. The number of nitrogens with one attached hydrogen (secondary N) is 1. The SMILES string of the molecule is CN1CCN(C(CN)c2[nH]c(-c3ccccc3)nc2Br)CC1. The van der Waals surface area contributed by atoms with Crippen LogP contribution >= 0.6 is 15.9 Å². The smallest absolute Gasteiger partial charge is 0.138 e. The number of piperazine rings is 1. The van der Waals surface area contributed by atoms with Gasteiger partial charge in [-0.25, -0.2) is 4.98 Å². The minimum Gasteiger partial charge on any atom is -0.340 e. The van der Waals surface area contributed by atoms with Crippen LogP contribution in [0.2, 0.25) is 0 Å². The molecule has 6 heteroatoms. The van der Waals surface area contributed by atoms with Gasteiger partial charge in [-0.05, 0) is 23.0 Å². The Hall–Kier alpha value is -1.21. The van der Waals surface area contributed by atoms with Crippen LogP contribution in [-0.4, -0.2) is 59.5 Å². The van der Waals surface area contributed by atoms with E-state index in [1.54, 1.807) is 0 Å². The highest BCUT2D eigenvalue weighted by atomic mass is 79.9. The van der Waals surface area contributed by atoms with Gasteiger partial charge in [-0.3, -0.25) is 4.90 Å². The summed E-state index contributed by atoms with van der Waals surface area (Å²) in [5, 5.41) is 0. The maximum atomic E-state index is 6.06. The van der Waals surface area contributed by atoms with E-state index in [1.807, 2.05) is 18.2 Å². The number of aromatic amines is 1. The van der Waals surface area contributed by atoms with Gasteiger partial charge in [-0.15, -0.1) is 0 Å². The number of nitrogens with zero attached hydrogens (tertiary/aromatic N) is 3. The van der Waals surface area contributed by atoms with Crippen LogP contribution in [0.25, 0.3) is 11.4 Å². The van der Waals surface area contributed by atoms with Crippen LogP contribution in [0.1, 0.15) is 11.7 Å². The third kappa shape index (κ3) is 3.25. The number of nitrogens with two attached hydrogens (primary N) is 1. The summed E-state index contributed by atoms with van der Waals surface area (Å²) in [5.41, 5.74) is 8.22. The van der Waals surface area contributed by atoms with Gasteiger partial charge in [-0.1, -0.05) is 30.3 Å². The first-order chi connectivity index (χ1) is 10.7. The molecule has 0 saturated carbocycles. The van der Waals surface area contributed by atoms with Crippen LogP contribution in [0.4, 0.5) is 0 Å². The number of benzene rings is 1. The molecule has 0 bridgehead atoms. The van der Waals surface area contributed by atoms with Gasteiger partial charge in [0.2, 0.25) is 0 Å². The van der Waals surface area contributed by atoms with Crippen LogP contribution in [0.5, 0.6) is 0 Å². The molecule has 5 nitrogen and oxygen atoms in total. The van der Waals surface area contributed by atoms with Gasteiger partial charge in [-0.2, -0.15) is 0 Å². The Morgan fingerprint density at radius 2 is 1.91 bits per heavy atom. The third-order valence-electron chi connectivity index (χ3n) is 4.27. The van der Waals surface area contributed by atoms with Crippen molar-refractivity contribution < 1.29 is 0 Å². The lowest BCUT2D eigenvalue weighted by atomic mass is 10.1. The van der Waals surface area contributed by atoms with Gasteiger partial charge in [0.25, 0.3) is 0 Å². The molecule has 118 valence electrons. The zero-order valence-electron chi connectivity index (χ0n) is 12.8. The maximum absolute atomic E-state index is 6.06. The molecule has 0 amide bonds. The van der Waals surface area contributed by atoms with E-state index in [-0.39, 0.29) is 6.04 Å². The Morgan fingerprint density at radius 3 is 2.55 bits per heavy atom. The quantitative estimate of drug-likeness (QED) is 0.872. The Kier molecular flexibility index (Phi) is 4.93. The molecule has 1 aromatic carbocycles. The lowest BCUT2D eigenvalue weighted by Crippen LogP contribution is -2.47. The Morgan fingerprint density at radius 1 is 1.23 bits per heavy atom. The fraction of sp³-hybridized carbons (Fsp3) is 0.438. The van der Waals surface area contributed by atoms with Crippen molar-refractivity contribution in [2.24, 2.45) is 5.73 Å². The Labute approximate surface area is 139 Å². The first-order valence-corrected chi connectivity index (χ1v) is 8.42. The fourth-order valence-electron chi connectivity index (χ4n) is 2.90. The van der Waals surface area contributed by atoms with E-state index < -0.39 is 0 Å². The molecule has 1 atom stereocenters. The van der Waals surface area contributed by atoms with E-state index in [9.17, 15) is 0 Å². The van der Waals surface area contributed by atoms with Crippen molar-refractivity contribution in [1.82, 2.24) is 19.8 Å². The summed E-state index contributed by atoms with van der Waals surface area (Å²) in [4.78, 5) is 12.9. The van der Waals surface area contributed by atoms with Gasteiger partial charge >= 0.3 is 0 Å². The molecule has 0 radical (unpaired) electrons. The maximum Gasteiger partial charge on any atom is 0.138 e. The summed E-state index contributed by atoms with van der Waals surface area (Å²) < 4.78 is 0.862. The molecule has 2 heterocycles. The van der Waals surface area contributed by atoms with Crippen LogP contribution in [0, 0.1) is 0 Å². The summed E-state index contributed by atoms with van der Waals surface area (Å²) in [7, 11) is 2.16. The average molecular weight is 364 g/mol. The molecule has 2 aromatic rings. The summed E-state index contributed by atoms with van der Waals surface area (Å²) in [5.74, 6) is 0.884. The molecular formula is C16H22BrN5. The highest BCUT2D eigenvalue weighted by molar-refractivity contribution is 9.10. The van der Waals surface area contributed by atoms with Crippen LogP contribution in [0.15, 0.2) is 34.9 Å². The summed E-state index contributed by atoms with van der Waals surface area (Å²) >= 11 is 3.60.